The summed E-state index contributed by atoms with van der Waals surface area (Å²) in [6, 6.07) is 8.88. The molecule has 0 radical (unpaired) electrons. The zero-order valence-electron chi connectivity index (χ0n) is 8.30. The van der Waals surface area contributed by atoms with Gasteiger partial charge < -0.3 is 9.84 Å². The third kappa shape index (κ3) is 2.52. The van der Waals surface area contributed by atoms with Crippen molar-refractivity contribution in [3.63, 3.8) is 0 Å². The highest BCUT2D eigenvalue weighted by molar-refractivity contribution is 5.27. The lowest BCUT2D eigenvalue weighted by Gasteiger charge is -2.03. The Bertz CT molecular complexity index is 474. The molecule has 1 aromatic heterocycles. The predicted molar refractivity (Wildman–Crippen MR) is 54.4 cm³/mol. The standard InChI is InChI=1S/C11H9FN2O2/c12-8-2-1-3-10(6-8)16-11-5-4-9(7-15)13-14-11/h1-6,15H,7H2. The number of ether oxygens (including phenoxy) is 1. The molecule has 0 aliphatic rings. The first kappa shape index (κ1) is 10.5. The minimum atomic E-state index is -0.377. The van der Waals surface area contributed by atoms with E-state index in [1.165, 1.54) is 12.1 Å². The van der Waals surface area contributed by atoms with E-state index in [0.29, 0.717) is 11.4 Å². The molecule has 0 amide bonds. The molecule has 5 heteroatoms. The lowest BCUT2D eigenvalue weighted by atomic mass is 10.3. The third-order valence-electron chi connectivity index (χ3n) is 1.88. The molecule has 1 aromatic carbocycles. The molecule has 2 aromatic rings. The lowest BCUT2D eigenvalue weighted by Crippen LogP contribution is -1.95. The van der Waals surface area contributed by atoms with Crippen molar-refractivity contribution in [1.29, 1.82) is 0 Å². The summed E-state index contributed by atoms with van der Waals surface area (Å²) in [7, 11) is 0. The predicted octanol–water partition coefficient (Wildman–Crippen LogP) is 1.90. The normalized spacial score (nSPS) is 10.1. The summed E-state index contributed by atoms with van der Waals surface area (Å²) in [5.74, 6) is 0.228. The van der Waals surface area contributed by atoms with Gasteiger partial charge in [-0.2, -0.15) is 0 Å². The Hall–Kier alpha value is -2.01. The van der Waals surface area contributed by atoms with Gasteiger partial charge in [0.05, 0.1) is 12.3 Å². The minimum absolute atomic E-state index is 0.173. The van der Waals surface area contributed by atoms with Crippen molar-refractivity contribution in [3.8, 4) is 11.6 Å². The van der Waals surface area contributed by atoms with Crippen molar-refractivity contribution in [2.75, 3.05) is 0 Å². The van der Waals surface area contributed by atoms with E-state index < -0.39 is 0 Å². The van der Waals surface area contributed by atoms with Crippen molar-refractivity contribution >= 4 is 0 Å². The molecule has 0 saturated carbocycles. The van der Waals surface area contributed by atoms with Gasteiger partial charge in [-0.25, -0.2) is 4.39 Å². The second-order valence-corrected chi connectivity index (χ2v) is 3.08. The summed E-state index contributed by atoms with van der Waals surface area (Å²) in [5.41, 5.74) is 0.451. The van der Waals surface area contributed by atoms with Crippen molar-refractivity contribution in [2.45, 2.75) is 6.61 Å². The van der Waals surface area contributed by atoms with Crippen LogP contribution in [0.2, 0.25) is 0 Å². The van der Waals surface area contributed by atoms with Gasteiger partial charge in [0.15, 0.2) is 0 Å². The Labute approximate surface area is 91.3 Å². The molecule has 0 spiro atoms. The Balaban J connectivity index is 2.14. The highest BCUT2D eigenvalue weighted by Crippen LogP contribution is 2.19. The highest BCUT2D eigenvalue weighted by atomic mass is 19.1. The first-order valence-corrected chi connectivity index (χ1v) is 4.65. The van der Waals surface area contributed by atoms with Gasteiger partial charge in [-0.3, -0.25) is 0 Å². The maximum absolute atomic E-state index is 12.8. The van der Waals surface area contributed by atoms with Crippen LogP contribution in [0.5, 0.6) is 11.6 Å². The fourth-order valence-corrected chi connectivity index (χ4v) is 1.14. The van der Waals surface area contributed by atoms with Gasteiger partial charge in [-0.05, 0) is 18.2 Å². The lowest BCUT2D eigenvalue weighted by molar-refractivity contribution is 0.274. The molecule has 1 heterocycles. The molecule has 0 unspecified atom stereocenters. The Morgan fingerprint density at radius 1 is 1.19 bits per heavy atom. The van der Waals surface area contributed by atoms with Crippen LogP contribution >= 0.6 is 0 Å². The van der Waals surface area contributed by atoms with Gasteiger partial charge in [0.25, 0.3) is 0 Å². The van der Waals surface area contributed by atoms with E-state index in [-0.39, 0.29) is 18.3 Å². The molecule has 0 atom stereocenters. The fraction of sp³-hybridized carbons (Fsp3) is 0.0909. The van der Waals surface area contributed by atoms with E-state index in [1.54, 1.807) is 24.3 Å². The molecular weight excluding hydrogens is 211 g/mol. The average Bonchev–Trinajstić information content (AvgIpc) is 2.30. The van der Waals surface area contributed by atoms with Gasteiger partial charge in [-0.1, -0.05) is 6.07 Å². The van der Waals surface area contributed by atoms with E-state index in [9.17, 15) is 4.39 Å². The largest absolute Gasteiger partial charge is 0.437 e. The number of hydrogen-bond acceptors (Lipinski definition) is 4. The molecule has 1 N–H and O–H groups in total. The van der Waals surface area contributed by atoms with Gasteiger partial charge in [0.2, 0.25) is 5.88 Å². The van der Waals surface area contributed by atoms with Gasteiger partial charge in [-0.15, -0.1) is 10.2 Å². The van der Waals surface area contributed by atoms with Crippen LogP contribution in [-0.2, 0) is 6.61 Å². The molecule has 0 aliphatic carbocycles. The highest BCUT2D eigenvalue weighted by Gasteiger charge is 2.01. The van der Waals surface area contributed by atoms with Crippen LogP contribution in [0.15, 0.2) is 36.4 Å². The molecule has 4 nitrogen and oxygen atoms in total. The number of aliphatic hydroxyl groups excluding tert-OH is 1. The fourth-order valence-electron chi connectivity index (χ4n) is 1.14. The molecule has 0 fully saturated rings. The van der Waals surface area contributed by atoms with E-state index in [2.05, 4.69) is 10.2 Å². The van der Waals surface area contributed by atoms with Crippen LogP contribution in [0.4, 0.5) is 4.39 Å². The van der Waals surface area contributed by atoms with Crippen molar-refractivity contribution < 1.29 is 14.2 Å². The number of benzene rings is 1. The topological polar surface area (TPSA) is 55.2 Å². The SMILES string of the molecule is OCc1ccc(Oc2cccc(F)c2)nn1. The number of rotatable bonds is 3. The minimum Gasteiger partial charge on any atom is -0.437 e. The van der Waals surface area contributed by atoms with Crippen LogP contribution in [0.25, 0.3) is 0 Å². The van der Waals surface area contributed by atoms with Crippen LogP contribution in [0.3, 0.4) is 0 Å². The molecule has 0 bridgehead atoms. The molecule has 16 heavy (non-hydrogen) atoms. The van der Waals surface area contributed by atoms with Crippen LogP contribution in [0.1, 0.15) is 5.69 Å². The third-order valence-corrected chi connectivity index (χ3v) is 1.88. The molecular formula is C11H9FN2O2. The summed E-state index contributed by atoms with van der Waals surface area (Å²) in [5, 5.41) is 16.2. The van der Waals surface area contributed by atoms with Crippen molar-refractivity contribution in [2.24, 2.45) is 0 Å². The van der Waals surface area contributed by atoms with Crippen LogP contribution in [-0.4, -0.2) is 15.3 Å². The first-order chi connectivity index (χ1) is 7.78. The van der Waals surface area contributed by atoms with E-state index >= 15 is 0 Å². The van der Waals surface area contributed by atoms with Gasteiger partial charge >= 0.3 is 0 Å². The summed E-state index contributed by atoms with van der Waals surface area (Å²) >= 11 is 0. The number of hydrogen-bond donors (Lipinski definition) is 1. The maximum atomic E-state index is 12.8. The Kier molecular flexibility index (Phi) is 3.07. The summed E-state index contributed by atoms with van der Waals surface area (Å²) in [4.78, 5) is 0. The van der Waals surface area contributed by atoms with Crippen molar-refractivity contribution in [1.82, 2.24) is 10.2 Å². The number of halogens is 1. The molecule has 2 rings (SSSR count). The second-order valence-electron chi connectivity index (χ2n) is 3.08. The second kappa shape index (κ2) is 4.67. The Morgan fingerprint density at radius 3 is 2.69 bits per heavy atom. The summed E-state index contributed by atoms with van der Waals surface area (Å²) in [6.07, 6.45) is 0. The number of aromatic nitrogens is 2. The maximum Gasteiger partial charge on any atom is 0.238 e. The monoisotopic (exact) mass is 220 g/mol. The smallest absolute Gasteiger partial charge is 0.238 e. The number of aliphatic hydroxyl groups is 1. The van der Waals surface area contributed by atoms with E-state index in [0.717, 1.165) is 0 Å². The number of nitrogens with zero attached hydrogens (tertiary/aromatic N) is 2. The summed E-state index contributed by atoms with van der Waals surface area (Å²) in [6.45, 7) is -0.173. The van der Waals surface area contributed by atoms with Gasteiger partial charge in [0.1, 0.15) is 11.6 Å². The van der Waals surface area contributed by atoms with Crippen molar-refractivity contribution in [3.05, 3.63) is 47.9 Å². The average molecular weight is 220 g/mol. The molecule has 0 saturated heterocycles. The van der Waals surface area contributed by atoms with E-state index in [4.69, 9.17) is 9.84 Å². The molecule has 0 aliphatic heterocycles. The zero-order valence-corrected chi connectivity index (χ0v) is 8.30. The molecule has 82 valence electrons. The van der Waals surface area contributed by atoms with Crippen LogP contribution < -0.4 is 4.74 Å². The quantitative estimate of drug-likeness (QED) is 0.858. The first-order valence-electron chi connectivity index (χ1n) is 4.65. The Morgan fingerprint density at radius 2 is 2.06 bits per heavy atom. The zero-order chi connectivity index (χ0) is 11.4. The van der Waals surface area contributed by atoms with E-state index in [1.807, 2.05) is 0 Å². The summed E-state index contributed by atoms with van der Waals surface area (Å²) < 4.78 is 18.1. The van der Waals surface area contributed by atoms with Crippen LogP contribution in [0, 0.1) is 5.82 Å². The van der Waals surface area contributed by atoms with Gasteiger partial charge in [0, 0.05) is 12.1 Å².